The molecular weight excluding hydrogens is 138 g/mol. The number of hydrogen-bond donors (Lipinski definition) is 1. The molecule has 0 rings (SSSR count). The molecule has 0 fully saturated rings. The molecule has 11 heavy (non-hydrogen) atoms. The molecule has 1 unspecified atom stereocenters. The molecule has 0 bridgehead atoms. The lowest BCUT2D eigenvalue weighted by Gasteiger charge is -2.39. The Labute approximate surface area is 68.8 Å². The second-order valence-electron chi connectivity index (χ2n) is 4.50. The van der Waals surface area contributed by atoms with E-state index in [0.29, 0.717) is 0 Å². The van der Waals surface area contributed by atoms with Crippen LogP contribution < -0.4 is 0 Å². The predicted octanol–water partition coefficient (Wildman–Crippen LogP) is 1.94. The van der Waals surface area contributed by atoms with Gasteiger partial charge in [-0.2, -0.15) is 5.26 Å². The Hall–Kier alpha value is -0.550. The average molecular weight is 155 g/mol. The van der Waals surface area contributed by atoms with Crippen LogP contribution in [-0.2, 0) is 0 Å². The second-order valence-corrected chi connectivity index (χ2v) is 4.50. The van der Waals surface area contributed by atoms with Crippen LogP contribution >= 0.6 is 0 Å². The number of hydrogen-bond acceptors (Lipinski definition) is 2. The molecule has 0 aromatic heterocycles. The lowest BCUT2D eigenvalue weighted by molar-refractivity contribution is 0.00668. The number of nitriles is 1. The summed E-state index contributed by atoms with van der Waals surface area (Å²) >= 11 is 0. The van der Waals surface area contributed by atoms with Gasteiger partial charge in [-0.1, -0.05) is 34.6 Å². The summed E-state index contributed by atoms with van der Waals surface area (Å²) in [6, 6.07) is 1.87. The first-order chi connectivity index (χ1) is 4.73. The normalized spacial score (nSPS) is 15.7. The van der Waals surface area contributed by atoms with Crippen molar-refractivity contribution in [3.63, 3.8) is 0 Å². The van der Waals surface area contributed by atoms with E-state index < -0.39 is 6.10 Å². The summed E-state index contributed by atoms with van der Waals surface area (Å²) in [5.74, 6) is 0. The van der Waals surface area contributed by atoms with Crippen molar-refractivity contribution in [3.8, 4) is 6.07 Å². The average Bonchev–Trinajstić information content (AvgIpc) is 1.83. The molecule has 0 aliphatic heterocycles. The van der Waals surface area contributed by atoms with E-state index in [0.717, 1.165) is 0 Å². The Bertz CT molecular complexity index is 171. The molecule has 1 atom stereocenters. The Morgan fingerprint density at radius 1 is 1.18 bits per heavy atom. The minimum atomic E-state index is -0.887. The van der Waals surface area contributed by atoms with E-state index in [1.807, 2.05) is 40.7 Å². The van der Waals surface area contributed by atoms with Gasteiger partial charge in [-0.15, -0.1) is 0 Å². The summed E-state index contributed by atoms with van der Waals surface area (Å²) < 4.78 is 0. The first-order valence-electron chi connectivity index (χ1n) is 3.81. The highest BCUT2D eigenvalue weighted by molar-refractivity contribution is 4.99. The second kappa shape index (κ2) is 2.83. The zero-order valence-corrected chi connectivity index (χ0v) is 7.97. The Morgan fingerprint density at radius 3 is 1.64 bits per heavy atom. The summed E-state index contributed by atoms with van der Waals surface area (Å²) in [4.78, 5) is 0. The first kappa shape index (κ1) is 10.4. The third-order valence-corrected chi connectivity index (χ3v) is 2.74. The van der Waals surface area contributed by atoms with Crippen LogP contribution in [-0.4, -0.2) is 11.2 Å². The van der Waals surface area contributed by atoms with Crippen LogP contribution in [0, 0.1) is 22.2 Å². The minimum Gasteiger partial charge on any atom is -0.378 e. The molecule has 0 radical (unpaired) electrons. The molecule has 1 N–H and O–H groups in total. The van der Waals surface area contributed by atoms with Crippen molar-refractivity contribution in [2.45, 2.75) is 40.7 Å². The number of rotatable bonds is 1. The van der Waals surface area contributed by atoms with E-state index in [-0.39, 0.29) is 10.8 Å². The Balaban J connectivity index is 4.62. The maximum absolute atomic E-state index is 9.36. The van der Waals surface area contributed by atoms with E-state index in [1.54, 1.807) is 0 Å². The van der Waals surface area contributed by atoms with Gasteiger partial charge in [0.2, 0.25) is 0 Å². The van der Waals surface area contributed by atoms with Crippen LogP contribution in [0.4, 0.5) is 0 Å². The summed E-state index contributed by atoms with van der Waals surface area (Å²) in [7, 11) is 0. The first-order valence-corrected chi connectivity index (χ1v) is 3.81. The number of aliphatic hydroxyl groups is 1. The van der Waals surface area contributed by atoms with Gasteiger partial charge in [-0.25, -0.2) is 0 Å². The highest BCUT2D eigenvalue weighted by atomic mass is 16.3. The van der Waals surface area contributed by atoms with Gasteiger partial charge in [0, 0.05) is 5.41 Å². The van der Waals surface area contributed by atoms with Gasteiger partial charge in [0.05, 0.1) is 6.07 Å². The van der Waals surface area contributed by atoms with Crippen LogP contribution in [0.2, 0.25) is 0 Å². The van der Waals surface area contributed by atoms with Crippen molar-refractivity contribution in [2.75, 3.05) is 0 Å². The maximum Gasteiger partial charge on any atom is 0.146 e. The van der Waals surface area contributed by atoms with Crippen molar-refractivity contribution >= 4 is 0 Å². The van der Waals surface area contributed by atoms with Crippen LogP contribution in [0.25, 0.3) is 0 Å². The van der Waals surface area contributed by atoms with Crippen molar-refractivity contribution in [1.82, 2.24) is 0 Å². The molecule has 2 heteroatoms. The Kier molecular flexibility index (Phi) is 2.69. The SMILES string of the molecule is CC(C)(C)C(C)(C)C(O)C#N. The van der Waals surface area contributed by atoms with E-state index in [1.165, 1.54) is 0 Å². The van der Waals surface area contributed by atoms with E-state index in [9.17, 15) is 5.11 Å². The van der Waals surface area contributed by atoms with Crippen molar-refractivity contribution in [1.29, 1.82) is 5.26 Å². The van der Waals surface area contributed by atoms with Gasteiger partial charge in [-0.3, -0.25) is 0 Å². The highest BCUT2D eigenvalue weighted by Crippen LogP contribution is 2.40. The van der Waals surface area contributed by atoms with Crippen molar-refractivity contribution in [2.24, 2.45) is 10.8 Å². The molecule has 0 aromatic rings. The van der Waals surface area contributed by atoms with Crippen LogP contribution in [0.1, 0.15) is 34.6 Å². The van der Waals surface area contributed by atoms with Gasteiger partial charge in [0.1, 0.15) is 6.10 Å². The van der Waals surface area contributed by atoms with E-state index in [4.69, 9.17) is 5.26 Å². The quantitative estimate of drug-likeness (QED) is 0.588. The van der Waals surface area contributed by atoms with Crippen molar-refractivity contribution in [3.05, 3.63) is 0 Å². The highest BCUT2D eigenvalue weighted by Gasteiger charge is 2.39. The molecule has 2 nitrogen and oxygen atoms in total. The van der Waals surface area contributed by atoms with Crippen molar-refractivity contribution < 1.29 is 5.11 Å². The summed E-state index contributed by atoms with van der Waals surface area (Å²) in [5.41, 5.74) is -0.413. The molecule has 0 saturated heterocycles. The molecule has 0 spiro atoms. The van der Waals surface area contributed by atoms with E-state index in [2.05, 4.69) is 0 Å². The summed E-state index contributed by atoms with van der Waals surface area (Å²) in [5, 5.41) is 17.9. The van der Waals surface area contributed by atoms with E-state index >= 15 is 0 Å². The number of nitrogens with zero attached hydrogens (tertiary/aromatic N) is 1. The molecule has 0 heterocycles. The van der Waals surface area contributed by atoms with Gasteiger partial charge in [-0.05, 0) is 5.41 Å². The van der Waals surface area contributed by atoms with Crippen LogP contribution in [0.15, 0.2) is 0 Å². The molecule has 0 aliphatic rings. The standard InChI is InChI=1S/C9H17NO/c1-8(2,3)9(4,5)7(11)6-10/h7,11H,1-5H3. The molecule has 0 saturated carbocycles. The number of aliphatic hydroxyl groups excluding tert-OH is 1. The largest absolute Gasteiger partial charge is 0.378 e. The zero-order valence-electron chi connectivity index (χ0n) is 7.97. The van der Waals surface area contributed by atoms with Gasteiger partial charge >= 0.3 is 0 Å². The zero-order chi connectivity index (χ0) is 9.28. The molecule has 0 aliphatic carbocycles. The Morgan fingerprint density at radius 2 is 1.55 bits per heavy atom. The third kappa shape index (κ3) is 1.94. The fraction of sp³-hybridized carbons (Fsp3) is 0.889. The smallest absolute Gasteiger partial charge is 0.146 e. The predicted molar refractivity (Wildman–Crippen MR) is 44.9 cm³/mol. The summed E-state index contributed by atoms with van der Waals surface area (Å²) in [6.45, 7) is 9.87. The molecule has 0 aromatic carbocycles. The van der Waals surface area contributed by atoms with Gasteiger partial charge in [0.25, 0.3) is 0 Å². The van der Waals surface area contributed by atoms with Crippen LogP contribution in [0.3, 0.4) is 0 Å². The fourth-order valence-electron chi connectivity index (χ4n) is 0.572. The molecular formula is C9H17NO. The van der Waals surface area contributed by atoms with Gasteiger partial charge in [0.15, 0.2) is 0 Å². The maximum atomic E-state index is 9.36. The van der Waals surface area contributed by atoms with Gasteiger partial charge < -0.3 is 5.11 Å². The third-order valence-electron chi connectivity index (χ3n) is 2.74. The lowest BCUT2D eigenvalue weighted by atomic mass is 9.66. The minimum absolute atomic E-state index is 0.0534. The monoisotopic (exact) mass is 155 g/mol. The topological polar surface area (TPSA) is 44.0 Å². The fourth-order valence-corrected chi connectivity index (χ4v) is 0.572. The van der Waals surface area contributed by atoms with Crippen LogP contribution in [0.5, 0.6) is 0 Å². The summed E-state index contributed by atoms with van der Waals surface area (Å²) in [6.07, 6.45) is -0.887. The molecule has 64 valence electrons. The molecule has 0 amide bonds. The lowest BCUT2D eigenvalue weighted by Crippen LogP contribution is -2.39.